The average molecular weight is 120 g/mol. The van der Waals surface area contributed by atoms with Gasteiger partial charge in [-0.05, 0) is 5.57 Å². The van der Waals surface area contributed by atoms with Crippen LogP contribution in [0, 0.1) is 0 Å². The van der Waals surface area contributed by atoms with E-state index in [-0.39, 0.29) is 0 Å². The highest BCUT2D eigenvalue weighted by atomic mass is 14.9. The molecule has 0 bridgehead atoms. The SMILES string of the molecule is C=CC(=C)c1c[nH]cn1. The molecule has 0 amide bonds. The van der Waals surface area contributed by atoms with Crippen molar-refractivity contribution in [3.05, 3.63) is 37.5 Å². The molecule has 46 valence electrons. The Labute approximate surface area is 53.9 Å². The van der Waals surface area contributed by atoms with Gasteiger partial charge in [0, 0.05) is 6.20 Å². The zero-order chi connectivity index (χ0) is 6.69. The van der Waals surface area contributed by atoms with Gasteiger partial charge >= 0.3 is 0 Å². The van der Waals surface area contributed by atoms with Crippen molar-refractivity contribution in [3.8, 4) is 0 Å². The maximum absolute atomic E-state index is 3.96. The Kier molecular flexibility index (Phi) is 1.49. The lowest BCUT2D eigenvalue weighted by atomic mass is 10.2. The number of aromatic nitrogens is 2. The van der Waals surface area contributed by atoms with E-state index in [4.69, 9.17) is 0 Å². The summed E-state index contributed by atoms with van der Waals surface area (Å²) in [6.45, 7) is 7.28. The maximum Gasteiger partial charge on any atom is 0.0927 e. The van der Waals surface area contributed by atoms with Crippen LogP contribution in [0.2, 0.25) is 0 Å². The number of nitrogens with zero attached hydrogens (tertiary/aromatic N) is 1. The van der Waals surface area contributed by atoms with Gasteiger partial charge in [0.25, 0.3) is 0 Å². The number of imidazole rings is 1. The summed E-state index contributed by atoms with van der Waals surface area (Å²) in [5.41, 5.74) is 1.70. The Morgan fingerprint density at radius 3 is 3.00 bits per heavy atom. The average Bonchev–Trinajstić information content (AvgIpc) is 2.37. The van der Waals surface area contributed by atoms with E-state index in [1.165, 1.54) is 0 Å². The number of nitrogens with one attached hydrogen (secondary N) is 1. The van der Waals surface area contributed by atoms with Gasteiger partial charge in [0.1, 0.15) is 0 Å². The molecule has 0 aliphatic carbocycles. The summed E-state index contributed by atoms with van der Waals surface area (Å²) in [6.07, 6.45) is 5.07. The normalized spacial score (nSPS) is 8.89. The lowest BCUT2D eigenvalue weighted by Gasteiger charge is -1.87. The number of rotatable bonds is 2. The third-order valence-corrected chi connectivity index (χ3v) is 1.07. The molecule has 0 spiro atoms. The van der Waals surface area contributed by atoms with Crippen LogP contribution < -0.4 is 0 Å². The van der Waals surface area contributed by atoms with Crippen LogP contribution in [0.4, 0.5) is 0 Å². The van der Waals surface area contributed by atoms with Crippen molar-refractivity contribution < 1.29 is 0 Å². The molecule has 0 saturated carbocycles. The van der Waals surface area contributed by atoms with Gasteiger partial charge < -0.3 is 4.98 Å². The maximum atomic E-state index is 3.96. The first-order valence-electron chi connectivity index (χ1n) is 2.65. The van der Waals surface area contributed by atoms with E-state index in [2.05, 4.69) is 23.1 Å². The molecule has 0 saturated heterocycles. The smallest absolute Gasteiger partial charge is 0.0927 e. The first kappa shape index (κ1) is 5.82. The van der Waals surface area contributed by atoms with E-state index in [9.17, 15) is 0 Å². The molecule has 0 unspecified atom stereocenters. The molecule has 0 fully saturated rings. The molecule has 2 heteroatoms. The van der Waals surface area contributed by atoms with Crippen molar-refractivity contribution in [3.63, 3.8) is 0 Å². The number of H-pyrrole nitrogens is 1. The van der Waals surface area contributed by atoms with Crippen LogP contribution in [0.15, 0.2) is 31.8 Å². The van der Waals surface area contributed by atoms with E-state index in [0.29, 0.717) is 0 Å². The van der Waals surface area contributed by atoms with Gasteiger partial charge in [0.05, 0.1) is 12.0 Å². The van der Waals surface area contributed by atoms with Gasteiger partial charge in [-0.1, -0.05) is 19.2 Å². The van der Waals surface area contributed by atoms with Crippen molar-refractivity contribution in [2.75, 3.05) is 0 Å². The molecule has 1 N–H and O–H groups in total. The Morgan fingerprint density at radius 2 is 2.56 bits per heavy atom. The molecule has 0 aliphatic heterocycles. The van der Waals surface area contributed by atoms with Crippen LogP contribution in [0.1, 0.15) is 5.69 Å². The fraction of sp³-hybridized carbons (Fsp3) is 0. The van der Waals surface area contributed by atoms with E-state index < -0.39 is 0 Å². The first-order chi connectivity index (χ1) is 4.34. The number of hydrogen-bond donors (Lipinski definition) is 1. The molecular formula is C7H8N2. The zero-order valence-corrected chi connectivity index (χ0v) is 5.09. The topological polar surface area (TPSA) is 28.7 Å². The minimum Gasteiger partial charge on any atom is -0.351 e. The molecule has 2 nitrogen and oxygen atoms in total. The highest BCUT2D eigenvalue weighted by molar-refractivity contribution is 5.67. The Balaban J connectivity index is 2.89. The Bertz CT molecular complexity index is 209. The largest absolute Gasteiger partial charge is 0.351 e. The number of aromatic amines is 1. The lowest BCUT2D eigenvalue weighted by Crippen LogP contribution is -1.74. The Hall–Kier alpha value is -1.31. The van der Waals surface area contributed by atoms with Crippen molar-refractivity contribution >= 4 is 5.57 Å². The van der Waals surface area contributed by atoms with Crippen molar-refractivity contribution in [2.24, 2.45) is 0 Å². The summed E-state index contributed by atoms with van der Waals surface area (Å²) in [7, 11) is 0. The molecule has 0 atom stereocenters. The minimum absolute atomic E-state index is 0.844. The highest BCUT2D eigenvalue weighted by Gasteiger charge is 1.92. The zero-order valence-electron chi connectivity index (χ0n) is 5.09. The molecule has 1 heterocycles. The van der Waals surface area contributed by atoms with Gasteiger partial charge in [-0.2, -0.15) is 0 Å². The third kappa shape index (κ3) is 1.08. The monoisotopic (exact) mass is 120 g/mol. The fourth-order valence-corrected chi connectivity index (χ4v) is 0.540. The highest BCUT2D eigenvalue weighted by Crippen LogP contribution is 2.06. The second-order valence-electron chi connectivity index (χ2n) is 1.68. The van der Waals surface area contributed by atoms with Crippen LogP contribution in [0.3, 0.4) is 0 Å². The molecule has 0 radical (unpaired) electrons. The standard InChI is InChI=1S/C7H8N2/c1-3-6(2)7-4-8-5-9-7/h3-5H,1-2H2,(H,8,9). The third-order valence-electron chi connectivity index (χ3n) is 1.07. The Morgan fingerprint density at radius 1 is 1.78 bits per heavy atom. The molecule has 0 aromatic carbocycles. The molecule has 9 heavy (non-hydrogen) atoms. The fourth-order valence-electron chi connectivity index (χ4n) is 0.540. The first-order valence-corrected chi connectivity index (χ1v) is 2.65. The van der Waals surface area contributed by atoms with Crippen LogP contribution in [0.25, 0.3) is 5.57 Å². The summed E-state index contributed by atoms with van der Waals surface area (Å²) < 4.78 is 0. The van der Waals surface area contributed by atoms with Crippen molar-refractivity contribution in [1.82, 2.24) is 9.97 Å². The van der Waals surface area contributed by atoms with Crippen LogP contribution in [-0.2, 0) is 0 Å². The van der Waals surface area contributed by atoms with E-state index in [0.717, 1.165) is 11.3 Å². The molecule has 0 aliphatic rings. The molecule has 1 rings (SSSR count). The van der Waals surface area contributed by atoms with Crippen LogP contribution in [0.5, 0.6) is 0 Å². The van der Waals surface area contributed by atoms with Crippen LogP contribution in [-0.4, -0.2) is 9.97 Å². The van der Waals surface area contributed by atoms with E-state index in [1.807, 2.05) is 0 Å². The van der Waals surface area contributed by atoms with E-state index in [1.54, 1.807) is 18.6 Å². The molecular weight excluding hydrogens is 112 g/mol. The predicted octanol–water partition coefficient (Wildman–Crippen LogP) is 1.61. The quantitative estimate of drug-likeness (QED) is 0.590. The second-order valence-corrected chi connectivity index (χ2v) is 1.68. The van der Waals surface area contributed by atoms with Gasteiger partial charge in [0.15, 0.2) is 0 Å². The number of hydrogen-bond acceptors (Lipinski definition) is 1. The van der Waals surface area contributed by atoms with Crippen molar-refractivity contribution in [1.29, 1.82) is 0 Å². The van der Waals surface area contributed by atoms with Gasteiger partial charge in [-0.3, -0.25) is 0 Å². The minimum atomic E-state index is 0.844. The summed E-state index contributed by atoms with van der Waals surface area (Å²) in [6, 6.07) is 0. The molecule has 1 aromatic rings. The second kappa shape index (κ2) is 2.31. The van der Waals surface area contributed by atoms with Gasteiger partial charge in [-0.15, -0.1) is 0 Å². The predicted molar refractivity (Wildman–Crippen MR) is 37.8 cm³/mol. The van der Waals surface area contributed by atoms with Crippen LogP contribution >= 0.6 is 0 Å². The summed E-state index contributed by atoms with van der Waals surface area (Å²) >= 11 is 0. The van der Waals surface area contributed by atoms with Gasteiger partial charge in [0.2, 0.25) is 0 Å². The molecule has 1 aromatic heterocycles. The summed E-state index contributed by atoms with van der Waals surface area (Å²) in [5.74, 6) is 0. The van der Waals surface area contributed by atoms with Gasteiger partial charge in [-0.25, -0.2) is 4.98 Å². The number of allylic oxidation sites excluding steroid dienone is 2. The van der Waals surface area contributed by atoms with E-state index >= 15 is 0 Å². The lowest BCUT2D eigenvalue weighted by molar-refractivity contribution is 1.30. The van der Waals surface area contributed by atoms with Crippen molar-refractivity contribution in [2.45, 2.75) is 0 Å². The summed E-state index contributed by atoms with van der Waals surface area (Å²) in [5, 5.41) is 0. The summed E-state index contributed by atoms with van der Waals surface area (Å²) in [4.78, 5) is 6.79.